The molecular formula is C9H5BrClFS. The molecule has 0 bridgehead atoms. The van der Waals surface area contributed by atoms with Crippen molar-refractivity contribution in [3.63, 3.8) is 0 Å². The molecule has 0 fully saturated rings. The Morgan fingerprint density at radius 3 is 2.85 bits per heavy atom. The average Bonchev–Trinajstić information content (AvgIpc) is 2.44. The molecule has 4 heteroatoms. The highest BCUT2D eigenvalue weighted by Gasteiger charge is 2.11. The van der Waals surface area contributed by atoms with Gasteiger partial charge < -0.3 is 0 Å². The minimum Gasteiger partial charge on any atom is -0.206 e. The van der Waals surface area contributed by atoms with Gasteiger partial charge in [-0.15, -0.1) is 22.9 Å². The van der Waals surface area contributed by atoms with E-state index in [1.54, 1.807) is 6.07 Å². The molecule has 0 nitrogen and oxygen atoms in total. The SMILES string of the molecule is Fc1cccc2sc(CCl)c(Br)c12. The number of halogens is 3. The van der Waals surface area contributed by atoms with E-state index in [2.05, 4.69) is 15.9 Å². The van der Waals surface area contributed by atoms with Crippen LogP contribution in [0.5, 0.6) is 0 Å². The number of benzene rings is 1. The average molecular weight is 280 g/mol. The van der Waals surface area contributed by atoms with Crippen LogP contribution in [0, 0.1) is 5.82 Å². The monoisotopic (exact) mass is 278 g/mol. The number of alkyl halides is 1. The van der Waals surface area contributed by atoms with Crippen molar-refractivity contribution in [2.24, 2.45) is 0 Å². The Morgan fingerprint density at radius 2 is 2.23 bits per heavy atom. The van der Waals surface area contributed by atoms with Gasteiger partial charge in [0.15, 0.2) is 0 Å². The van der Waals surface area contributed by atoms with Crippen LogP contribution in [0.3, 0.4) is 0 Å². The van der Waals surface area contributed by atoms with Crippen molar-refractivity contribution in [3.8, 4) is 0 Å². The van der Waals surface area contributed by atoms with E-state index in [1.165, 1.54) is 17.4 Å². The number of hydrogen-bond acceptors (Lipinski definition) is 1. The van der Waals surface area contributed by atoms with E-state index in [9.17, 15) is 4.39 Å². The molecule has 1 heterocycles. The molecule has 1 aromatic carbocycles. The molecule has 0 aliphatic rings. The van der Waals surface area contributed by atoms with E-state index in [-0.39, 0.29) is 5.82 Å². The summed E-state index contributed by atoms with van der Waals surface area (Å²) >= 11 is 10.6. The number of hydrogen-bond donors (Lipinski definition) is 0. The van der Waals surface area contributed by atoms with Crippen LogP contribution in [0.15, 0.2) is 22.7 Å². The largest absolute Gasteiger partial charge is 0.206 e. The van der Waals surface area contributed by atoms with Crippen molar-refractivity contribution in [3.05, 3.63) is 33.4 Å². The van der Waals surface area contributed by atoms with Gasteiger partial charge in [-0.3, -0.25) is 0 Å². The van der Waals surface area contributed by atoms with Crippen LogP contribution in [-0.4, -0.2) is 0 Å². The van der Waals surface area contributed by atoms with Gasteiger partial charge in [-0.05, 0) is 28.1 Å². The first kappa shape index (κ1) is 9.44. The molecule has 2 aromatic rings. The number of fused-ring (bicyclic) bond motifs is 1. The third-order valence-corrected chi connectivity index (χ3v) is 4.51. The highest BCUT2D eigenvalue weighted by molar-refractivity contribution is 9.10. The molecule has 0 saturated heterocycles. The number of thiophene rings is 1. The van der Waals surface area contributed by atoms with Crippen LogP contribution in [0.4, 0.5) is 4.39 Å². The Morgan fingerprint density at radius 1 is 1.46 bits per heavy atom. The van der Waals surface area contributed by atoms with Crippen LogP contribution in [0.2, 0.25) is 0 Å². The van der Waals surface area contributed by atoms with Crippen LogP contribution >= 0.6 is 38.9 Å². The summed E-state index contributed by atoms with van der Waals surface area (Å²) in [5.41, 5.74) is 0. The Kier molecular flexibility index (Phi) is 2.58. The first-order chi connectivity index (χ1) is 6.24. The second kappa shape index (κ2) is 3.56. The van der Waals surface area contributed by atoms with E-state index < -0.39 is 0 Å². The maximum atomic E-state index is 13.3. The van der Waals surface area contributed by atoms with Gasteiger partial charge in [0.25, 0.3) is 0 Å². The van der Waals surface area contributed by atoms with Crippen molar-refractivity contribution in [1.29, 1.82) is 0 Å². The summed E-state index contributed by atoms with van der Waals surface area (Å²) in [6.45, 7) is 0. The number of rotatable bonds is 1. The van der Waals surface area contributed by atoms with E-state index in [4.69, 9.17) is 11.6 Å². The first-order valence-corrected chi connectivity index (χ1v) is 5.80. The maximum Gasteiger partial charge on any atom is 0.133 e. The van der Waals surface area contributed by atoms with Crippen molar-refractivity contribution in [1.82, 2.24) is 0 Å². The molecule has 0 amide bonds. The zero-order valence-corrected chi connectivity index (χ0v) is 9.64. The smallest absolute Gasteiger partial charge is 0.133 e. The molecule has 0 radical (unpaired) electrons. The standard InChI is InChI=1S/C9H5BrClFS/c10-9-7(4-11)13-6-3-1-2-5(12)8(6)9/h1-3H,4H2. The molecule has 0 unspecified atom stereocenters. The molecule has 0 atom stereocenters. The molecule has 0 aliphatic carbocycles. The van der Waals surface area contributed by atoms with Gasteiger partial charge in [0.2, 0.25) is 0 Å². The van der Waals surface area contributed by atoms with Crippen LogP contribution in [0.25, 0.3) is 10.1 Å². The van der Waals surface area contributed by atoms with Crippen LogP contribution < -0.4 is 0 Å². The van der Waals surface area contributed by atoms with E-state index >= 15 is 0 Å². The van der Waals surface area contributed by atoms with Gasteiger partial charge in [-0.25, -0.2) is 4.39 Å². The fourth-order valence-corrected chi connectivity index (χ4v) is 3.54. The molecule has 0 aliphatic heterocycles. The summed E-state index contributed by atoms with van der Waals surface area (Å²) < 4.78 is 15.1. The third kappa shape index (κ3) is 1.49. The fourth-order valence-electron chi connectivity index (χ4n) is 1.21. The summed E-state index contributed by atoms with van der Waals surface area (Å²) in [6, 6.07) is 5.06. The fraction of sp³-hybridized carbons (Fsp3) is 0.111. The molecule has 1 aromatic heterocycles. The van der Waals surface area contributed by atoms with Crippen molar-refractivity contribution >= 4 is 49.0 Å². The predicted octanol–water partition coefficient (Wildman–Crippen LogP) is 4.54. The van der Waals surface area contributed by atoms with Gasteiger partial charge >= 0.3 is 0 Å². The van der Waals surface area contributed by atoms with Gasteiger partial charge in [0.1, 0.15) is 5.82 Å². The molecule has 0 N–H and O–H groups in total. The van der Waals surface area contributed by atoms with Crippen molar-refractivity contribution < 1.29 is 4.39 Å². The lowest BCUT2D eigenvalue weighted by Crippen LogP contribution is -1.74. The third-order valence-electron chi connectivity index (χ3n) is 1.79. The maximum absolute atomic E-state index is 13.3. The summed E-state index contributed by atoms with van der Waals surface area (Å²) in [5, 5.41) is 0.642. The molecular weight excluding hydrogens is 275 g/mol. The van der Waals surface area contributed by atoms with Crippen molar-refractivity contribution in [2.45, 2.75) is 5.88 Å². The van der Waals surface area contributed by atoms with Crippen molar-refractivity contribution in [2.75, 3.05) is 0 Å². The Balaban J connectivity index is 2.85. The van der Waals surface area contributed by atoms with Crippen LogP contribution in [-0.2, 0) is 5.88 Å². The summed E-state index contributed by atoms with van der Waals surface area (Å²) in [7, 11) is 0. The molecule has 0 saturated carbocycles. The van der Waals surface area contributed by atoms with Gasteiger partial charge in [0.05, 0.1) is 5.88 Å². The van der Waals surface area contributed by atoms with E-state index in [0.29, 0.717) is 11.3 Å². The predicted molar refractivity (Wildman–Crippen MR) is 59.0 cm³/mol. The summed E-state index contributed by atoms with van der Waals surface area (Å²) in [5.74, 6) is 0.219. The summed E-state index contributed by atoms with van der Waals surface area (Å²) in [4.78, 5) is 0.974. The highest BCUT2D eigenvalue weighted by atomic mass is 79.9. The summed E-state index contributed by atoms with van der Waals surface area (Å²) in [6.07, 6.45) is 0. The normalized spacial score (nSPS) is 11.0. The Hall–Kier alpha value is -0.120. The first-order valence-electron chi connectivity index (χ1n) is 3.65. The van der Waals surface area contributed by atoms with Gasteiger partial charge in [-0.2, -0.15) is 0 Å². The van der Waals surface area contributed by atoms with Gasteiger partial charge in [0, 0.05) is 19.4 Å². The lowest BCUT2D eigenvalue weighted by molar-refractivity contribution is 0.639. The Labute approximate surface area is 92.5 Å². The zero-order valence-electron chi connectivity index (χ0n) is 6.48. The second-order valence-electron chi connectivity index (χ2n) is 2.59. The quantitative estimate of drug-likeness (QED) is 0.672. The lowest BCUT2D eigenvalue weighted by atomic mass is 10.2. The highest BCUT2D eigenvalue weighted by Crippen LogP contribution is 2.37. The van der Waals surface area contributed by atoms with E-state index in [1.807, 2.05) is 6.07 Å². The van der Waals surface area contributed by atoms with Crippen LogP contribution in [0.1, 0.15) is 4.88 Å². The molecule has 13 heavy (non-hydrogen) atoms. The Bertz CT molecular complexity index is 452. The molecule has 68 valence electrons. The molecule has 0 spiro atoms. The zero-order chi connectivity index (χ0) is 9.42. The topological polar surface area (TPSA) is 0 Å². The van der Waals surface area contributed by atoms with E-state index in [0.717, 1.165) is 14.0 Å². The molecule has 2 rings (SSSR count). The van der Waals surface area contributed by atoms with Gasteiger partial charge in [-0.1, -0.05) is 6.07 Å². The second-order valence-corrected chi connectivity index (χ2v) is 4.78. The minimum atomic E-state index is -0.197. The lowest BCUT2D eigenvalue weighted by Gasteiger charge is -1.92. The minimum absolute atomic E-state index is 0.197.